The van der Waals surface area contributed by atoms with Crippen LogP contribution in [0.2, 0.25) is 0 Å². The van der Waals surface area contributed by atoms with Crippen LogP contribution < -0.4 is 5.32 Å². The number of amides is 1. The molecular formula is C57H111NO13. The number of nitrogens with one attached hydrogen (secondary N) is 1. The summed E-state index contributed by atoms with van der Waals surface area (Å²) in [5, 5.41) is 86.3. The molecule has 2 fully saturated rings. The lowest BCUT2D eigenvalue weighted by Gasteiger charge is -2.46. The molecule has 1 amide bonds. The van der Waals surface area contributed by atoms with Gasteiger partial charge in [0.25, 0.3) is 0 Å². The van der Waals surface area contributed by atoms with Crippen molar-refractivity contribution in [3.05, 3.63) is 0 Å². The SMILES string of the molecule is CCCCCCCCCCCCCCCCCCCCCCCCCCCCCCCCCCCC(=O)NC(COC1OC(CO)C(OC2OC(CO)C(O)C(O)C2O)C(O)C1O)C(O)CCCCCC. The van der Waals surface area contributed by atoms with E-state index in [0.717, 1.165) is 51.4 Å². The summed E-state index contributed by atoms with van der Waals surface area (Å²) < 4.78 is 22.6. The Kier molecular flexibility index (Phi) is 41.1. The van der Waals surface area contributed by atoms with Gasteiger partial charge in [-0.25, -0.2) is 0 Å². The summed E-state index contributed by atoms with van der Waals surface area (Å²) in [5.74, 6) is -0.210. The molecule has 2 heterocycles. The lowest BCUT2D eigenvalue weighted by atomic mass is 9.97. The molecule has 0 aliphatic carbocycles. The van der Waals surface area contributed by atoms with E-state index >= 15 is 0 Å². The molecule has 0 bridgehead atoms. The second kappa shape index (κ2) is 44.2. The van der Waals surface area contributed by atoms with Crippen LogP contribution in [0.3, 0.4) is 0 Å². The lowest BCUT2D eigenvalue weighted by Crippen LogP contribution is -2.65. The Bertz CT molecular complexity index is 1200. The second-order valence-corrected chi connectivity index (χ2v) is 21.5. The fourth-order valence-corrected chi connectivity index (χ4v) is 10.2. The molecule has 422 valence electrons. The molecule has 0 aromatic carbocycles. The predicted octanol–water partition coefficient (Wildman–Crippen LogP) is 9.73. The van der Waals surface area contributed by atoms with Crippen molar-refractivity contribution in [2.75, 3.05) is 19.8 Å². The van der Waals surface area contributed by atoms with E-state index < -0.39 is 86.8 Å². The zero-order valence-electron chi connectivity index (χ0n) is 45.2. The van der Waals surface area contributed by atoms with Gasteiger partial charge in [0.2, 0.25) is 5.91 Å². The molecule has 12 atom stereocenters. The minimum Gasteiger partial charge on any atom is -0.394 e. The number of carbonyl (C=O) groups is 1. The van der Waals surface area contributed by atoms with E-state index in [1.54, 1.807) is 0 Å². The molecule has 71 heavy (non-hydrogen) atoms. The fourth-order valence-electron chi connectivity index (χ4n) is 10.2. The van der Waals surface area contributed by atoms with Gasteiger partial charge in [0, 0.05) is 6.42 Å². The average molecular weight is 1020 g/mol. The Labute approximate surface area is 432 Å². The Morgan fingerprint density at radius 2 is 0.803 bits per heavy atom. The van der Waals surface area contributed by atoms with Crippen LogP contribution in [-0.4, -0.2) is 140 Å². The maximum absolute atomic E-state index is 13.1. The summed E-state index contributed by atoms with van der Waals surface area (Å²) in [4.78, 5) is 13.1. The number of hydrogen-bond donors (Lipinski definition) is 9. The third kappa shape index (κ3) is 30.4. The van der Waals surface area contributed by atoms with Crippen LogP contribution in [0, 0.1) is 0 Å². The van der Waals surface area contributed by atoms with E-state index in [2.05, 4.69) is 19.2 Å². The molecule has 14 heteroatoms. The van der Waals surface area contributed by atoms with Gasteiger partial charge in [-0.1, -0.05) is 245 Å². The maximum Gasteiger partial charge on any atom is 0.220 e. The van der Waals surface area contributed by atoms with Gasteiger partial charge in [-0.3, -0.25) is 4.79 Å². The van der Waals surface area contributed by atoms with Gasteiger partial charge in [0.1, 0.15) is 48.8 Å². The Balaban J connectivity index is 1.49. The summed E-state index contributed by atoms with van der Waals surface area (Å²) in [5.41, 5.74) is 0. The van der Waals surface area contributed by atoms with Crippen molar-refractivity contribution in [2.45, 2.75) is 338 Å². The molecule has 14 nitrogen and oxygen atoms in total. The van der Waals surface area contributed by atoms with E-state index in [4.69, 9.17) is 18.9 Å². The molecule has 2 saturated heterocycles. The first kappa shape index (κ1) is 66.1. The highest BCUT2D eigenvalue weighted by Crippen LogP contribution is 2.30. The minimum atomic E-state index is -1.78. The zero-order chi connectivity index (χ0) is 51.7. The molecule has 2 aliphatic heterocycles. The minimum absolute atomic E-state index is 0.210. The molecule has 0 radical (unpaired) electrons. The molecule has 2 aliphatic rings. The lowest BCUT2D eigenvalue weighted by molar-refractivity contribution is -0.359. The first-order chi connectivity index (χ1) is 34.6. The van der Waals surface area contributed by atoms with Gasteiger partial charge in [0.15, 0.2) is 12.6 Å². The van der Waals surface area contributed by atoms with Crippen LogP contribution in [0.25, 0.3) is 0 Å². The van der Waals surface area contributed by atoms with Gasteiger partial charge in [0.05, 0.1) is 32.0 Å². The van der Waals surface area contributed by atoms with Crippen molar-refractivity contribution >= 4 is 5.91 Å². The quantitative estimate of drug-likeness (QED) is 0.0259. The topological polar surface area (TPSA) is 228 Å². The number of rotatable bonds is 48. The molecule has 9 N–H and O–H groups in total. The average Bonchev–Trinajstić information content (AvgIpc) is 3.37. The van der Waals surface area contributed by atoms with Crippen LogP contribution in [0.5, 0.6) is 0 Å². The molecule has 12 unspecified atom stereocenters. The van der Waals surface area contributed by atoms with Crippen molar-refractivity contribution < 1.29 is 64.6 Å². The van der Waals surface area contributed by atoms with Crippen molar-refractivity contribution in [3.8, 4) is 0 Å². The maximum atomic E-state index is 13.1. The van der Waals surface area contributed by atoms with Crippen LogP contribution in [0.1, 0.15) is 264 Å². The molecule has 0 aromatic heterocycles. The van der Waals surface area contributed by atoms with Gasteiger partial charge in [-0.2, -0.15) is 0 Å². The third-order valence-electron chi connectivity index (χ3n) is 15.1. The molecule has 2 rings (SSSR count). The van der Waals surface area contributed by atoms with Crippen molar-refractivity contribution in [3.63, 3.8) is 0 Å². The standard InChI is InChI=1S/C57H111NO13/c1-3-5-7-9-10-11-12-13-14-15-16-17-18-19-20-21-22-23-24-25-26-27-28-29-30-31-32-33-34-35-36-37-39-41-49(62)58-45(46(61)40-38-8-6-4-2)44-68-56-54(67)52(65)55(48(43-60)70-56)71-57-53(66)51(64)50(63)47(42-59)69-57/h45-48,50-57,59-61,63-67H,3-44H2,1-2H3,(H,58,62). The summed E-state index contributed by atoms with van der Waals surface area (Å²) >= 11 is 0. The van der Waals surface area contributed by atoms with E-state index in [-0.39, 0.29) is 12.5 Å². The summed E-state index contributed by atoms with van der Waals surface area (Å²) in [6.07, 6.45) is 32.4. The molecular weight excluding hydrogens is 907 g/mol. The number of hydrogen-bond acceptors (Lipinski definition) is 13. The van der Waals surface area contributed by atoms with Crippen molar-refractivity contribution in [1.82, 2.24) is 5.32 Å². The monoisotopic (exact) mass is 1020 g/mol. The number of unbranched alkanes of at least 4 members (excludes halogenated alkanes) is 35. The predicted molar refractivity (Wildman–Crippen MR) is 282 cm³/mol. The van der Waals surface area contributed by atoms with Gasteiger partial charge >= 0.3 is 0 Å². The third-order valence-corrected chi connectivity index (χ3v) is 15.1. The molecule has 0 saturated carbocycles. The fraction of sp³-hybridized carbons (Fsp3) is 0.982. The number of carbonyl (C=O) groups excluding carboxylic acids is 1. The van der Waals surface area contributed by atoms with Crippen LogP contribution in [-0.2, 0) is 23.7 Å². The highest BCUT2D eigenvalue weighted by atomic mass is 16.7. The van der Waals surface area contributed by atoms with Crippen LogP contribution in [0.4, 0.5) is 0 Å². The molecule has 0 spiro atoms. The van der Waals surface area contributed by atoms with Crippen molar-refractivity contribution in [1.29, 1.82) is 0 Å². The molecule has 0 aromatic rings. The smallest absolute Gasteiger partial charge is 0.220 e. The van der Waals surface area contributed by atoms with E-state index in [0.29, 0.717) is 12.8 Å². The van der Waals surface area contributed by atoms with Gasteiger partial charge < -0.3 is 65.1 Å². The summed E-state index contributed by atoms with van der Waals surface area (Å²) in [7, 11) is 0. The van der Waals surface area contributed by atoms with Crippen molar-refractivity contribution in [2.24, 2.45) is 0 Å². The highest BCUT2D eigenvalue weighted by molar-refractivity contribution is 5.76. The largest absolute Gasteiger partial charge is 0.394 e. The Morgan fingerprint density at radius 3 is 1.20 bits per heavy atom. The Hall–Kier alpha value is -1.01. The number of aliphatic hydroxyl groups is 8. The highest BCUT2D eigenvalue weighted by Gasteiger charge is 2.51. The van der Waals surface area contributed by atoms with Gasteiger partial charge in [-0.15, -0.1) is 0 Å². The summed E-state index contributed by atoms with van der Waals surface area (Å²) in [6, 6.07) is -0.819. The zero-order valence-corrected chi connectivity index (χ0v) is 45.2. The van der Waals surface area contributed by atoms with E-state index in [1.807, 2.05) is 0 Å². The number of ether oxygens (including phenoxy) is 4. The van der Waals surface area contributed by atoms with E-state index in [1.165, 1.54) is 186 Å². The van der Waals surface area contributed by atoms with E-state index in [9.17, 15) is 45.6 Å². The van der Waals surface area contributed by atoms with Crippen LogP contribution >= 0.6 is 0 Å². The number of aliphatic hydroxyl groups excluding tert-OH is 8. The normalized spacial score (nSPS) is 25.7. The summed E-state index contributed by atoms with van der Waals surface area (Å²) in [6.45, 7) is 2.75. The first-order valence-electron chi connectivity index (χ1n) is 29.8. The van der Waals surface area contributed by atoms with Crippen LogP contribution in [0.15, 0.2) is 0 Å². The first-order valence-corrected chi connectivity index (χ1v) is 29.8. The van der Waals surface area contributed by atoms with Gasteiger partial charge in [-0.05, 0) is 12.8 Å². The second-order valence-electron chi connectivity index (χ2n) is 21.5. The Morgan fingerprint density at radius 1 is 0.451 bits per heavy atom.